The second kappa shape index (κ2) is 7.69. The molecule has 0 bridgehead atoms. The lowest BCUT2D eigenvalue weighted by molar-refractivity contribution is -0.137. The summed E-state index contributed by atoms with van der Waals surface area (Å²) >= 11 is 0. The first-order valence-electron chi connectivity index (χ1n) is 8.80. The summed E-state index contributed by atoms with van der Waals surface area (Å²) in [5.41, 5.74) is -1.93. The molecular formula is C20H18F3N3O4. The first-order valence-corrected chi connectivity index (χ1v) is 8.80. The Kier molecular flexibility index (Phi) is 5.43. The lowest BCUT2D eigenvalue weighted by Gasteiger charge is -2.22. The van der Waals surface area contributed by atoms with Gasteiger partial charge in [0, 0.05) is 5.69 Å². The fraction of sp³-hybridized carbons (Fsp3) is 0.250. The molecule has 1 fully saturated rings. The van der Waals surface area contributed by atoms with E-state index in [-0.39, 0.29) is 5.69 Å². The number of nitrogens with zero attached hydrogens (tertiary/aromatic N) is 1. The topological polar surface area (TPSA) is 87.7 Å². The molecule has 0 spiro atoms. The highest BCUT2D eigenvalue weighted by atomic mass is 19.4. The van der Waals surface area contributed by atoms with E-state index in [2.05, 4.69) is 10.6 Å². The Morgan fingerprint density at radius 2 is 1.83 bits per heavy atom. The Morgan fingerprint density at radius 1 is 1.17 bits per heavy atom. The van der Waals surface area contributed by atoms with E-state index >= 15 is 0 Å². The minimum absolute atomic E-state index is 0.0974. The monoisotopic (exact) mass is 421 g/mol. The number of urea groups is 1. The van der Waals surface area contributed by atoms with E-state index in [1.54, 1.807) is 24.3 Å². The Labute approximate surface area is 169 Å². The molecule has 10 heteroatoms. The number of imide groups is 1. The van der Waals surface area contributed by atoms with Crippen molar-refractivity contribution in [2.75, 3.05) is 19.0 Å². The molecule has 0 radical (unpaired) electrons. The number of hydrogen-bond donors (Lipinski definition) is 2. The number of nitrogens with one attached hydrogen (secondary N) is 2. The molecule has 7 nitrogen and oxygen atoms in total. The molecule has 1 aliphatic rings. The van der Waals surface area contributed by atoms with Crippen molar-refractivity contribution in [3.8, 4) is 5.75 Å². The van der Waals surface area contributed by atoms with Crippen LogP contribution in [0.4, 0.5) is 23.7 Å². The molecule has 2 aromatic carbocycles. The molecule has 3 rings (SSSR count). The molecule has 1 aliphatic heterocycles. The number of amides is 4. The number of anilines is 1. The van der Waals surface area contributed by atoms with Crippen molar-refractivity contribution in [2.24, 2.45) is 0 Å². The molecular weight excluding hydrogens is 403 g/mol. The number of benzene rings is 2. The predicted octanol–water partition coefficient (Wildman–Crippen LogP) is 3.12. The van der Waals surface area contributed by atoms with Crippen molar-refractivity contribution in [1.82, 2.24) is 10.2 Å². The molecule has 158 valence electrons. The van der Waals surface area contributed by atoms with Crippen molar-refractivity contribution >= 4 is 23.5 Å². The summed E-state index contributed by atoms with van der Waals surface area (Å²) in [7, 11) is 1.49. The lowest BCUT2D eigenvalue weighted by atomic mass is 9.92. The maximum atomic E-state index is 12.8. The number of rotatable bonds is 5. The average molecular weight is 421 g/mol. The Bertz CT molecular complexity index is 992. The number of carbonyl (C=O) groups is 3. The lowest BCUT2D eigenvalue weighted by Crippen LogP contribution is -2.42. The molecule has 0 aliphatic carbocycles. The minimum atomic E-state index is -4.56. The van der Waals surface area contributed by atoms with Crippen LogP contribution < -0.4 is 15.4 Å². The predicted molar refractivity (Wildman–Crippen MR) is 101 cm³/mol. The number of methoxy groups -OCH3 is 1. The highest BCUT2D eigenvalue weighted by molar-refractivity contribution is 6.10. The molecule has 2 N–H and O–H groups in total. The van der Waals surface area contributed by atoms with E-state index in [4.69, 9.17) is 4.74 Å². The SMILES string of the molecule is COc1ccc(C2(C)NC(=O)N(CC(=O)Nc3cccc(C(F)(F)F)c3)C2=O)cc1. The fourth-order valence-corrected chi connectivity index (χ4v) is 3.08. The zero-order valence-corrected chi connectivity index (χ0v) is 16.0. The Hall–Kier alpha value is -3.56. The van der Waals surface area contributed by atoms with Gasteiger partial charge in [-0.25, -0.2) is 4.79 Å². The van der Waals surface area contributed by atoms with Crippen LogP contribution >= 0.6 is 0 Å². The van der Waals surface area contributed by atoms with Gasteiger partial charge in [-0.2, -0.15) is 13.2 Å². The highest BCUT2D eigenvalue weighted by Crippen LogP contribution is 2.31. The maximum absolute atomic E-state index is 12.8. The van der Waals surface area contributed by atoms with Gasteiger partial charge in [0.05, 0.1) is 12.7 Å². The van der Waals surface area contributed by atoms with Crippen molar-refractivity contribution in [1.29, 1.82) is 0 Å². The normalized spacial score (nSPS) is 18.9. The summed E-state index contributed by atoms with van der Waals surface area (Å²) in [6, 6.07) is 9.77. The molecule has 1 atom stereocenters. The van der Waals surface area contributed by atoms with Crippen LogP contribution in [-0.4, -0.2) is 36.4 Å². The van der Waals surface area contributed by atoms with Crippen LogP contribution in [0.2, 0.25) is 0 Å². The number of ether oxygens (including phenoxy) is 1. The number of hydrogen-bond acceptors (Lipinski definition) is 4. The van der Waals surface area contributed by atoms with E-state index in [9.17, 15) is 27.6 Å². The van der Waals surface area contributed by atoms with Crippen LogP contribution in [0, 0.1) is 0 Å². The smallest absolute Gasteiger partial charge is 0.416 e. The summed E-state index contributed by atoms with van der Waals surface area (Å²) in [5.74, 6) is -0.898. The van der Waals surface area contributed by atoms with Gasteiger partial charge in [0.2, 0.25) is 5.91 Å². The average Bonchev–Trinajstić information content (AvgIpc) is 2.91. The van der Waals surface area contributed by atoms with Gasteiger partial charge < -0.3 is 15.4 Å². The quantitative estimate of drug-likeness (QED) is 0.727. The number of halogens is 3. The van der Waals surface area contributed by atoms with Gasteiger partial charge in [0.1, 0.15) is 17.8 Å². The van der Waals surface area contributed by atoms with E-state index in [0.29, 0.717) is 16.2 Å². The van der Waals surface area contributed by atoms with Gasteiger partial charge in [-0.15, -0.1) is 0 Å². The van der Waals surface area contributed by atoms with Gasteiger partial charge in [0.15, 0.2) is 0 Å². The van der Waals surface area contributed by atoms with Crippen LogP contribution in [-0.2, 0) is 21.3 Å². The van der Waals surface area contributed by atoms with Gasteiger partial charge in [-0.05, 0) is 42.8 Å². The van der Waals surface area contributed by atoms with Gasteiger partial charge in [-0.3, -0.25) is 14.5 Å². The standard InChI is InChI=1S/C20H18F3N3O4/c1-19(12-6-8-15(30-2)9-7-12)17(28)26(18(29)25-19)11-16(27)24-14-5-3-4-13(10-14)20(21,22)23/h3-10H,11H2,1-2H3,(H,24,27)(H,25,29). The van der Waals surface area contributed by atoms with E-state index in [1.165, 1.54) is 20.1 Å². The van der Waals surface area contributed by atoms with Crippen LogP contribution in [0.1, 0.15) is 18.1 Å². The zero-order chi connectivity index (χ0) is 22.1. The third-order valence-electron chi connectivity index (χ3n) is 4.72. The third-order valence-corrected chi connectivity index (χ3v) is 4.72. The first-order chi connectivity index (χ1) is 14.0. The molecule has 2 aromatic rings. The largest absolute Gasteiger partial charge is 0.497 e. The molecule has 0 aromatic heterocycles. The van der Waals surface area contributed by atoms with Crippen LogP contribution in [0.3, 0.4) is 0 Å². The van der Waals surface area contributed by atoms with Crippen LogP contribution in [0.5, 0.6) is 5.75 Å². The third kappa shape index (κ3) is 4.07. The number of alkyl halides is 3. The maximum Gasteiger partial charge on any atom is 0.416 e. The van der Waals surface area contributed by atoms with Crippen LogP contribution in [0.15, 0.2) is 48.5 Å². The van der Waals surface area contributed by atoms with Crippen LogP contribution in [0.25, 0.3) is 0 Å². The van der Waals surface area contributed by atoms with Crippen molar-refractivity contribution in [3.63, 3.8) is 0 Å². The van der Waals surface area contributed by atoms with Crippen molar-refractivity contribution < 1.29 is 32.3 Å². The summed E-state index contributed by atoms with van der Waals surface area (Å²) in [4.78, 5) is 38.1. The van der Waals surface area contributed by atoms with E-state index in [1.807, 2.05) is 0 Å². The zero-order valence-electron chi connectivity index (χ0n) is 16.0. The Morgan fingerprint density at radius 3 is 2.43 bits per heavy atom. The highest BCUT2D eigenvalue weighted by Gasteiger charge is 2.49. The number of carbonyl (C=O) groups excluding carboxylic acids is 3. The van der Waals surface area contributed by atoms with Gasteiger partial charge >= 0.3 is 12.2 Å². The molecule has 4 amide bonds. The summed E-state index contributed by atoms with van der Waals surface area (Å²) in [6.07, 6.45) is -4.56. The Balaban J connectivity index is 1.73. The second-order valence-electron chi connectivity index (χ2n) is 6.80. The first kappa shape index (κ1) is 21.2. The summed E-state index contributed by atoms with van der Waals surface area (Å²) in [6.45, 7) is 0.854. The summed E-state index contributed by atoms with van der Waals surface area (Å²) in [5, 5.41) is 4.83. The van der Waals surface area contributed by atoms with Gasteiger partial charge in [0.25, 0.3) is 5.91 Å². The molecule has 1 unspecified atom stereocenters. The summed E-state index contributed by atoms with van der Waals surface area (Å²) < 4.78 is 43.5. The molecule has 1 saturated heterocycles. The molecule has 1 heterocycles. The minimum Gasteiger partial charge on any atom is -0.497 e. The molecule has 30 heavy (non-hydrogen) atoms. The second-order valence-corrected chi connectivity index (χ2v) is 6.80. The molecule has 0 saturated carbocycles. The van der Waals surface area contributed by atoms with Crippen molar-refractivity contribution in [2.45, 2.75) is 18.6 Å². The van der Waals surface area contributed by atoms with Gasteiger partial charge in [-0.1, -0.05) is 18.2 Å². The van der Waals surface area contributed by atoms with E-state index < -0.39 is 41.7 Å². The van der Waals surface area contributed by atoms with Crippen molar-refractivity contribution in [3.05, 3.63) is 59.7 Å². The fourth-order valence-electron chi connectivity index (χ4n) is 3.08. The van der Waals surface area contributed by atoms with E-state index in [0.717, 1.165) is 18.2 Å².